The highest BCUT2D eigenvalue weighted by atomic mass is 79.9. The van der Waals surface area contributed by atoms with E-state index in [1.807, 2.05) is 20.0 Å². The first-order valence-corrected chi connectivity index (χ1v) is 7.78. The summed E-state index contributed by atoms with van der Waals surface area (Å²) in [6.07, 6.45) is 4.61. The number of nitrogens with zero attached hydrogens (tertiary/aromatic N) is 2. The van der Waals surface area contributed by atoms with Crippen LogP contribution in [-0.4, -0.2) is 23.0 Å². The zero-order valence-corrected chi connectivity index (χ0v) is 13.6. The number of aromatic nitrogens is 1. The average Bonchev–Trinajstić information content (AvgIpc) is 2.35. The summed E-state index contributed by atoms with van der Waals surface area (Å²) in [4.78, 5) is 7.03. The van der Waals surface area contributed by atoms with Crippen LogP contribution < -0.4 is 0 Å². The van der Waals surface area contributed by atoms with Crippen molar-refractivity contribution in [2.45, 2.75) is 47.1 Å². The van der Waals surface area contributed by atoms with Gasteiger partial charge in [0.15, 0.2) is 0 Å². The van der Waals surface area contributed by atoms with Crippen LogP contribution in [0.1, 0.15) is 44.9 Å². The molecule has 0 aromatic carbocycles. The van der Waals surface area contributed by atoms with Crippen molar-refractivity contribution >= 4 is 15.9 Å². The number of likely N-dealkylation sites (tertiary alicyclic amines) is 1. The largest absolute Gasteiger partial charge is 0.297 e. The van der Waals surface area contributed by atoms with Crippen LogP contribution in [0.5, 0.6) is 0 Å². The molecule has 0 aliphatic carbocycles. The van der Waals surface area contributed by atoms with Crippen LogP contribution in [0.2, 0.25) is 0 Å². The first-order chi connectivity index (χ1) is 8.65. The van der Waals surface area contributed by atoms with E-state index in [1.54, 1.807) is 0 Å². The summed E-state index contributed by atoms with van der Waals surface area (Å²) in [7, 11) is 0. The molecule has 0 N–H and O–H groups in total. The quantitative estimate of drug-likeness (QED) is 0.804. The monoisotopic (exact) mass is 312 g/mol. The second-order valence-corrected chi connectivity index (χ2v) is 5.82. The molecular formula is C15H25BrN2. The van der Waals surface area contributed by atoms with Gasteiger partial charge in [0.05, 0.1) is 5.69 Å². The van der Waals surface area contributed by atoms with E-state index in [2.05, 4.69) is 45.7 Å². The first-order valence-electron chi connectivity index (χ1n) is 6.98. The van der Waals surface area contributed by atoms with Crippen molar-refractivity contribution in [3.8, 4) is 0 Å². The predicted octanol–water partition coefficient (Wildman–Crippen LogP) is 4.41. The molecule has 2 nitrogen and oxygen atoms in total. The number of pyridine rings is 1. The van der Waals surface area contributed by atoms with E-state index in [1.165, 1.54) is 37.2 Å². The minimum Gasteiger partial charge on any atom is -0.297 e. The molecule has 3 heteroatoms. The molecule has 2 heterocycles. The molecule has 18 heavy (non-hydrogen) atoms. The van der Waals surface area contributed by atoms with Crippen LogP contribution in [0.4, 0.5) is 0 Å². The fourth-order valence-corrected chi connectivity index (χ4v) is 2.82. The third-order valence-electron chi connectivity index (χ3n) is 3.27. The molecule has 0 radical (unpaired) electrons. The summed E-state index contributed by atoms with van der Waals surface area (Å²) >= 11 is 3.45. The van der Waals surface area contributed by atoms with Crippen LogP contribution in [0.15, 0.2) is 16.7 Å². The molecule has 0 spiro atoms. The van der Waals surface area contributed by atoms with Crippen molar-refractivity contribution in [1.29, 1.82) is 0 Å². The second kappa shape index (κ2) is 7.90. The summed E-state index contributed by atoms with van der Waals surface area (Å²) in [5.41, 5.74) is 2.50. The lowest BCUT2D eigenvalue weighted by molar-refractivity contribution is 0.174. The van der Waals surface area contributed by atoms with Crippen molar-refractivity contribution < 1.29 is 0 Å². The van der Waals surface area contributed by atoms with Crippen LogP contribution in [0.3, 0.4) is 0 Å². The van der Waals surface area contributed by atoms with Gasteiger partial charge in [-0.25, -0.2) is 0 Å². The Hall–Kier alpha value is -0.410. The zero-order valence-electron chi connectivity index (χ0n) is 12.0. The molecule has 1 aliphatic rings. The molecule has 102 valence electrons. The SMILES string of the molecule is CC.Cc1cc(Br)cnc1CN1CCCC(C)C1. The minimum atomic E-state index is 0.838. The van der Waals surface area contributed by atoms with E-state index >= 15 is 0 Å². The number of aryl methyl sites for hydroxylation is 1. The Morgan fingerprint density at radius 1 is 1.44 bits per heavy atom. The summed E-state index contributed by atoms with van der Waals surface area (Å²) in [5.74, 6) is 0.838. The van der Waals surface area contributed by atoms with Gasteiger partial charge < -0.3 is 0 Å². The van der Waals surface area contributed by atoms with Gasteiger partial charge in [0.25, 0.3) is 0 Å². The normalized spacial score (nSPS) is 20.2. The molecule has 0 bridgehead atoms. The molecule has 1 aromatic heterocycles. The lowest BCUT2D eigenvalue weighted by Gasteiger charge is -2.30. The zero-order chi connectivity index (χ0) is 13.5. The molecule has 1 aliphatic heterocycles. The number of hydrogen-bond donors (Lipinski definition) is 0. The average molecular weight is 313 g/mol. The van der Waals surface area contributed by atoms with E-state index in [-0.39, 0.29) is 0 Å². The highest BCUT2D eigenvalue weighted by Crippen LogP contribution is 2.19. The van der Waals surface area contributed by atoms with Crippen molar-refractivity contribution in [3.63, 3.8) is 0 Å². The molecule has 0 saturated carbocycles. The third-order valence-corrected chi connectivity index (χ3v) is 3.70. The van der Waals surface area contributed by atoms with Gasteiger partial charge >= 0.3 is 0 Å². The predicted molar refractivity (Wildman–Crippen MR) is 81.7 cm³/mol. The topological polar surface area (TPSA) is 16.1 Å². The Kier molecular flexibility index (Phi) is 6.87. The molecular weight excluding hydrogens is 288 g/mol. The summed E-state index contributed by atoms with van der Waals surface area (Å²) in [6.45, 7) is 11.9. The molecule has 1 saturated heterocycles. The van der Waals surface area contributed by atoms with E-state index in [0.717, 1.165) is 16.9 Å². The fourth-order valence-electron chi connectivity index (χ4n) is 2.38. The van der Waals surface area contributed by atoms with Crippen LogP contribution in [0, 0.1) is 12.8 Å². The van der Waals surface area contributed by atoms with Gasteiger partial charge in [-0.05, 0) is 59.8 Å². The third kappa shape index (κ3) is 4.69. The summed E-state index contributed by atoms with van der Waals surface area (Å²) in [5, 5.41) is 0. The van der Waals surface area contributed by atoms with Gasteiger partial charge in [0.2, 0.25) is 0 Å². The van der Waals surface area contributed by atoms with E-state index in [4.69, 9.17) is 0 Å². The Morgan fingerprint density at radius 2 is 2.17 bits per heavy atom. The van der Waals surface area contributed by atoms with Gasteiger partial charge in [-0.2, -0.15) is 0 Å². The lowest BCUT2D eigenvalue weighted by atomic mass is 10.00. The molecule has 1 fully saturated rings. The maximum absolute atomic E-state index is 4.51. The van der Waals surface area contributed by atoms with Crippen LogP contribution in [0.25, 0.3) is 0 Å². The Labute approximate surface area is 120 Å². The molecule has 1 atom stereocenters. The van der Waals surface area contributed by atoms with E-state index in [0.29, 0.717) is 0 Å². The van der Waals surface area contributed by atoms with Gasteiger partial charge in [-0.15, -0.1) is 0 Å². The van der Waals surface area contributed by atoms with E-state index in [9.17, 15) is 0 Å². The van der Waals surface area contributed by atoms with Gasteiger partial charge in [0, 0.05) is 23.8 Å². The van der Waals surface area contributed by atoms with Crippen molar-refractivity contribution in [2.24, 2.45) is 5.92 Å². The number of rotatable bonds is 2. The van der Waals surface area contributed by atoms with Gasteiger partial charge in [-0.1, -0.05) is 20.8 Å². The maximum Gasteiger partial charge on any atom is 0.0573 e. The van der Waals surface area contributed by atoms with Crippen LogP contribution in [-0.2, 0) is 6.54 Å². The first kappa shape index (κ1) is 15.6. The Morgan fingerprint density at radius 3 is 2.78 bits per heavy atom. The van der Waals surface area contributed by atoms with Gasteiger partial charge in [0.1, 0.15) is 0 Å². The smallest absolute Gasteiger partial charge is 0.0573 e. The fraction of sp³-hybridized carbons (Fsp3) is 0.667. The summed E-state index contributed by atoms with van der Waals surface area (Å²) < 4.78 is 1.07. The number of piperidine rings is 1. The van der Waals surface area contributed by atoms with Crippen LogP contribution >= 0.6 is 15.9 Å². The molecule has 0 amide bonds. The summed E-state index contributed by atoms with van der Waals surface area (Å²) in [6, 6.07) is 2.15. The lowest BCUT2D eigenvalue weighted by Crippen LogP contribution is -2.34. The minimum absolute atomic E-state index is 0.838. The van der Waals surface area contributed by atoms with Gasteiger partial charge in [-0.3, -0.25) is 9.88 Å². The Balaban J connectivity index is 0.000000771. The van der Waals surface area contributed by atoms with Crippen molar-refractivity contribution in [1.82, 2.24) is 9.88 Å². The van der Waals surface area contributed by atoms with E-state index < -0.39 is 0 Å². The number of halogens is 1. The highest BCUT2D eigenvalue weighted by Gasteiger charge is 2.17. The maximum atomic E-state index is 4.51. The highest BCUT2D eigenvalue weighted by molar-refractivity contribution is 9.10. The number of hydrogen-bond acceptors (Lipinski definition) is 2. The van der Waals surface area contributed by atoms with Crippen molar-refractivity contribution in [3.05, 3.63) is 28.0 Å². The standard InChI is InChI=1S/C13H19BrN2.C2H6/c1-10-4-3-5-16(8-10)9-13-11(2)6-12(14)7-15-13;1-2/h6-7,10H,3-5,8-9H2,1-2H3;1-2H3. The second-order valence-electron chi connectivity index (χ2n) is 4.90. The van der Waals surface area contributed by atoms with Crippen molar-refractivity contribution in [2.75, 3.05) is 13.1 Å². The Bertz CT molecular complexity index is 366. The molecule has 2 rings (SSSR count). The molecule has 1 aromatic rings. The molecule has 1 unspecified atom stereocenters.